The van der Waals surface area contributed by atoms with E-state index in [0.717, 1.165) is 12.2 Å². The van der Waals surface area contributed by atoms with Gasteiger partial charge in [-0.25, -0.2) is 4.79 Å². The highest BCUT2D eigenvalue weighted by Gasteiger charge is 2.19. The normalized spacial score (nSPS) is 10.6. The summed E-state index contributed by atoms with van der Waals surface area (Å²) >= 11 is 0. The van der Waals surface area contributed by atoms with E-state index in [4.69, 9.17) is 4.42 Å². The summed E-state index contributed by atoms with van der Waals surface area (Å²) in [4.78, 5) is 11.4. The predicted octanol–water partition coefficient (Wildman–Crippen LogP) is 2.75. The fourth-order valence-electron chi connectivity index (χ4n) is 1.33. The van der Waals surface area contributed by atoms with Gasteiger partial charge in [0, 0.05) is 12.3 Å². The van der Waals surface area contributed by atoms with Crippen LogP contribution in [-0.2, 0) is 11.2 Å². The summed E-state index contributed by atoms with van der Waals surface area (Å²) in [7, 11) is 1.38. The molecule has 0 saturated heterocycles. The molecule has 0 aliphatic rings. The molecule has 78 valence electrons. The van der Waals surface area contributed by atoms with Crippen molar-refractivity contribution in [2.75, 3.05) is 7.11 Å². The second-order valence-electron chi connectivity index (χ2n) is 3.49. The lowest BCUT2D eigenvalue weighted by Crippen LogP contribution is -2.03. The Balaban J connectivity index is 3.12. The number of carbonyl (C=O) groups excluding carboxylic acids is 1. The maximum absolute atomic E-state index is 11.4. The van der Waals surface area contributed by atoms with Crippen molar-refractivity contribution in [2.24, 2.45) is 0 Å². The van der Waals surface area contributed by atoms with Crippen molar-refractivity contribution in [3.05, 3.63) is 23.2 Å². The van der Waals surface area contributed by atoms with Crippen LogP contribution in [0.2, 0.25) is 0 Å². The van der Waals surface area contributed by atoms with Crippen LogP contribution in [0, 0.1) is 0 Å². The van der Waals surface area contributed by atoms with Gasteiger partial charge >= 0.3 is 5.97 Å². The Kier molecular flexibility index (Phi) is 3.33. The van der Waals surface area contributed by atoms with Crippen molar-refractivity contribution in [3.8, 4) is 0 Å². The monoisotopic (exact) mass is 196 g/mol. The van der Waals surface area contributed by atoms with Crippen LogP contribution in [0.5, 0.6) is 0 Å². The molecular formula is C11H16O3. The first kappa shape index (κ1) is 10.8. The van der Waals surface area contributed by atoms with E-state index in [1.165, 1.54) is 7.11 Å². The van der Waals surface area contributed by atoms with Crippen LogP contribution in [0.25, 0.3) is 0 Å². The first-order valence-corrected chi connectivity index (χ1v) is 4.81. The summed E-state index contributed by atoms with van der Waals surface area (Å²) in [5.41, 5.74) is 0.555. The standard InChI is InChI=1S/C11H16O3/c1-5-8-6-9(11(12)13-4)10(14-8)7(2)3/h6-7H,5H2,1-4H3. The van der Waals surface area contributed by atoms with Gasteiger partial charge in [-0.05, 0) is 6.07 Å². The van der Waals surface area contributed by atoms with Gasteiger partial charge in [0.05, 0.1) is 7.11 Å². The number of rotatable bonds is 3. The predicted molar refractivity (Wildman–Crippen MR) is 53.5 cm³/mol. The number of hydrogen-bond donors (Lipinski definition) is 0. The minimum absolute atomic E-state index is 0.199. The largest absolute Gasteiger partial charge is 0.465 e. The molecule has 0 radical (unpaired) electrons. The third-order valence-corrected chi connectivity index (χ3v) is 2.09. The molecule has 0 saturated carbocycles. The molecule has 1 rings (SSSR count). The van der Waals surface area contributed by atoms with E-state index in [9.17, 15) is 4.79 Å². The molecular weight excluding hydrogens is 180 g/mol. The lowest BCUT2D eigenvalue weighted by molar-refractivity contribution is 0.0597. The third kappa shape index (κ3) is 1.97. The van der Waals surface area contributed by atoms with Crippen molar-refractivity contribution >= 4 is 5.97 Å². The van der Waals surface area contributed by atoms with Gasteiger partial charge in [0.25, 0.3) is 0 Å². The topological polar surface area (TPSA) is 39.4 Å². The average molecular weight is 196 g/mol. The summed E-state index contributed by atoms with van der Waals surface area (Å²) in [6, 6.07) is 1.77. The Hall–Kier alpha value is -1.25. The van der Waals surface area contributed by atoms with E-state index in [1.54, 1.807) is 6.07 Å². The average Bonchev–Trinajstić information content (AvgIpc) is 2.60. The van der Waals surface area contributed by atoms with Gasteiger partial charge in [-0.3, -0.25) is 0 Å². The molecule has 0 amide bonds. The highest BCUT2D eigenvalue weighted by Crippen LogP contribution is 2.24. The van der Waals surface area contributed by atoms with Gasteiger partial charge in [0.2, 0.25) is 0 Å². The lowest BCUT2D eigenvalue weighted by Gasteiger charge is -2.02. The number of hydrogen-bond acceptors (Lipinski definition) is 3. The van der Waals surface area contributed by atoms with Crippen LogP contribution in [0.4, 0.5) is 0 Å². The maximum Gasteiger partial charge on any atom is 0.341 e. The van der Waals surface area contributed by atoms with Crippen molar-refractivity contribution in [1.29, 1.82) is 0 Å². The Morgan fingerprint density at radius 1 is 1.57 bits per heavy atom. The molecule has 0 unspecified atom stereocenters. The molecule has 0 fully saturated rings. The van der Waals surface area contributed by atoms with Crippen molar-refractivity contribution in [1.82, 2.24) is 0 Å². The molecule has 0 N–H and O–H groups in total. The first-order valence-electron chi connectivity index (χ1n) is 4.81. The summed E-state index contributed by atoms with van der Waals surface area (Å²) in [6.07, 6.45) is 0.788. The summed E-state index contributed by atoms with van der Waals surface area (Å²) in [5.74, 6) is 1.42. The molecule has 1 aromatic rings. The van der Waals surface area contributed by atoms with Gasteiger partial charge in [-0.2, -0.15) is 0 Å². The number of ether oxygens (including phenoxy) is 1. The van der Waals surface area contributed by atoms with Crippen LogP contribution < -0.4 is 0 Å². The quantitative estimate of drug-likeness (QED) is 0.698. The molecule has 3 nitrogen and oxygen atoms in total. The molecule has 0 bridgehead atoms. The fraction of sp³-hybridized carbons (Fsp3) is 0.545. The van der Waals surface area contributed by atoms with Crippen LogP contribution in [-0.4, -0.2) is 13.1 Å². The number of furan rings is 1. The van der Waals surface area contributed by atoms with Crippen LogP contribution in [0.3, 0.4) is 0 Å². The van der Waals surface area contributed by atoms with E-state index in [2.05, 4.69) is 4.74 Å². The van der Waals surface area contributed by atoms with E-state index < -0.39 is 0 Å². The molecule has 1 heterocycles. The summed E-state index contributed by atoms with van der Waals surface area (Å²) in [5, 5.41) is 0. The van der Waals surface area contributed by atoms with Crippen molar-refractivity contribution in [3.63, 3.8) is 0 Å². The minimum atomic E-state index is -0.322. The molecule has 0 aliphatic carbocycles. The number of esters is 1. The zero-order valence-electron chi connectivity index (χ0n) is 9.09. The molecule has 3 heteroatoms. The van der Waals surface area contributed by atoms with Crippen molar-refractivity contribution in [2.45, 2.75) is 33.1 Å². The van der Waals surface area contributed by atoms with E-state index in [-0.39, 0.29) is 11.9 Å². The lowest BCUT2D eigenvalue weighted by atomic mass is 10.1. The van der Waals surface area contributed by atoms with Gasteiger partial charge in [-0.15, -0.1) is 0 Å². The number of methoxy groups -OCH3 is 1. The highest BCUT2D eigenvalue weighted by molar-refractivity contribution is 5.90. The van der Waals surface area contributed by atoms with Gasteiger partial charge < -0.3 is 9.15 Å². The van der Waals surface area contributed by atoms with E-state index >= 15 is 0 Å². The molecule has 0 aromatic carbocycles. The molecule has 0 aliphatic heterocycles. The highest BCUT2D eigenvalue weighted by atomic mass is 16.5. The van der Waals surface area contributed by atoms with Gasteiger partial charge in [0.1, 0.15) is 17.1 Å². The number of carbonyl (C=O) groups is 1. The van der Waals surface area contributed by atoms with Crippen LogP contribution >= 0.6 is 0 Å². The smallest absolute Gasteiger partial charge is 0.341 e. The van der Waals surface area contributed by atoms with Crippen LogP contribution in [0.15, 0.2) is 10.5 Å². The zero-order valence-corrected chi connectivity index (χ0v) is 9.09. The molecule has 0 atom stereocenters. The van der Waals surface area contributed by atoms with Crippen LogP contribution in [0.1, 0.15) is 48.6 Å². The minimum Gasteiger partial charge on any atom is -0.465 e. The second-order valence-corrected chi connectivity index (χ2v) is 3.49. The Morgan fingerprint density at radius 2 is 2.21 bits per heavy atom. The Morgan fingerprint density at radius 3 is 2.64 bits per heavy atom. The Labute approximate surface area is 84.1 Å². The molecule has 1 aromatic heterocycles. The molecule has 14 heavy (non-hydrogen) atoms. The SMILES string of the molecule is CCc1cc(C(=O)OC)c(C(C)C)o1. The van der Waals surface area contributed by atoms with E-state index in [0.29, 0.717) is 11.3 Å². The zero-order chi connectivity index (χ0) is 10.7. The van der Waals surface area contributed by atoms with Gasteiger partial charge in [0.15, 0.2) is 0 Å². The third-order valence-electron chi connectivity index (χ3n) is 2.09. The first-order chi connectivity index (χ1) is 6.60. The maximum atomic E-state index is 11.4. The molecule has 0 spiro atoms. The second kappa shape index (κ2) is 4.31. The fourth-order valence-corrected chi connectivity index (χ4v) is 1.33. The van der Waals surface area contributed by atoms with Gasteiger partial charge in [-0.1, -0.05) is 20.8 Å². The summed E-state index contributed by atoms with van der Waals surface area (Å²) in [6.45, 7) is 5.97. The number of aryl methyl sites for hydroxylation is 1. The summed E-state index contributed by atoms with van der Waals surface area (Å²) < 4.78 is 10.2. The van der Waals surface area contributed by atoms with Crippen molar-refractivity contribution < 1.29 is 13.9 Å². The Bertz CT molecular complexity index is 323. The van der Waals surface area contributed by atoms with E-state index in [1.807, 2.05) is 20.8 Å².